The fraction of sp³-hybridized carbons (Fsp3) is 0.200. The van der Waals surface area contributed by atoms with Gasteiger partial charge in [0.25, 0.3) is 0 Å². The second kappa shape index (κ2) is 5.84. The van der Waals surface area contributed by atoms with Crippen LogP contribution in [0.5, 0.6) is 0 Å². The lowest BCUT2D eigenvalue weighted by atomic mass is 10.0. The van der Waals surface area contributed by atoms with E-state index >= 15 is 0 Å². The molecule has 3 rings (SSSR count). The van der Waals surface area contributed by atoms with E-state index in [2.05, 4.69) is 5.32 Å². The standard InChI is InChI=1S/C15H12Cl2FNS/c16-9-6-10(17)8-11(7-9)19-14-4-5-20-15-12(14)2-1-3-13(15)18/h1-3,6-8,14,19H,4-5H2. The summed E-state index contributed by atoms with van der Waals surface area (Å²) in [5, 5.41) is 4.57. The molecule has 2 aromatic carbocycles. The van der Waals surface area contributed by atoms with Gasteiger partial charge in [-0.05, 0) is 36.2 Å². The first kappa shape index (κ1) is 14.1. The van der Waals surface area contributed by atoms with Crippen LogP contribution in [0.1, 0.15) is 18.0 Å². The Morgan fingerprint density at radius 2 is 1.90 bits per heavy atom. The summed E-state index contributed by atoms with van der Waals surface area (Å²) in [6.45, 7) is 0. The first-order valence-corrected chi connectivity index (χ1v) is 8.01. The van der Waals surface area contributed by atoms with Crippen LogP contribution in [-0.4, -0.2) is 5.75 Å². The molecule has 2 aromatic rings. The smallest absolute Gasteiger partial charge is 0.137 e. The number of thioether (sulfide) groups is 1. The molecule has 1 N–H and O–H groups in total. The molecule has 0 aliphatic carbocycles. The molecule has 0 aromatic heterocycles. The highest BCUT2D eigenvalue weighted by atomic mass is 35.5. The number of benzene rings is 2. The molecular formula is C15H12Cl2FNS. The van der Waals surface area contributed by atoms with E-state index < -0.39 is 0 Å². The SMILES string of the molecule is Fc1cccc2c1SCCC2Nc1cc(Cl)cc(Cl)c1. The maximum Gasteiger partial charge on any atom is 0.137 e. The number of halogens is 3. The Kier molecular flexibility index (Phi) is 4.11. The van der Waals surface area contributed by atoms with Crippen molar-refractivity contribution in [1.82, 2.24) is 0 Å². The van der Waals surface area contributed by atoms with E-state index in [1.807, 2.05) is 18.2 Å². The minimum atomic E-state index is -0.150. The first-order valence-electron chi connectivity index (χ1n) is 6.27. The topological polar surface area (TPSA) is 12.0 Å². The van der Waals surface area contributed by atoms with Crippen LogP contribution in [0.4, 0.5) is 10.1 Å². The van der Waals surface area contributed by atoms with E-state index in [0.717, 1.165) is 28.3 Å². The van der Waals surface area contributed by atoms with Crippen LogP contribution in [0.2, 0.25) is 10.0 Å². The average Bonchev–Trinajstić information content (AvgIpc) is 2.39. The van der Waals surface area contributed by atoms with E-state index in [0.29, 0.717) is 10.0 Å². The normalized spacial score (nSPS) is 17.6. The van der Waals surface area contributed by atoms with Crippen molar-refractivity contribution in [3.63, 3.8) is 0 Å². The van der Waals surface area contributed by atoms with Crippen molar-refractivity contribution in [1.29, 1.82) is 0 Å². The molecular weight excluding hydrogens is 316 g/mol. The van der Waals surface area contributed by atoms with Crippen molar-refractivity contribution in [2.45, 2.75) is 17.4 Å². The molecule has 0 radical (unpaired) electrons. The van der Waals surface area contributed by atoms with Crippen molar-refractivity contribution in [3.05, 3.63) is 57.8 Å². The summed E-state index contributed by atoms with van der Waals surface area (Å²) in [6, 6.07) is 10.6. The van der Waals surface area contributed by atoms with Crippen molar-refractivity contribution < 1.29 is 4.39 Å². The molecule has 0 saturated heterocycles. The predicted octanol–water partition coefficient (Wildman–Crippen LogP) is 5.78. The van der Waals surface area contributed by atoms with Crippen LogP contribution in [0.25, 0.3) is 0 Å². The van der Waals surface area contributed by atoms with Crippen LogP contribution < -0.4 is 5.32 Å². The van der Waals surface area contributed by atoms with Gasteiger partial charge in [0.1, 0.15) is 5.82 Å². The Hall–Kier alpha value is -0.900. The fourth-order valence-electron chi connectivity index (χ4n) is 2.37. The monoisotopic (exact) mass is 327 g/mol. The lowest BCUT2D eigenvalue weighted by molar-refractivity contribution is 0.585. The zero-order chi connectivity index (χ0) is 14.1. The molecule has 1 nitrogen and oxygen atoms in total. The number of hydrogen-bond acceptors (Lipinski definition) is 2. The lowest BCUT2D eigenvalue weighted by Crippen LogP contribution is -2.16. The van der Waals surface area contributed by atoms with Gasteiger partial charge in [0.2, 0.25) is 0 Å². The molecule has 5 heteroatoms. The van der Waals surface area contributed by atoms with Gasteiger partial charge in [-0.3, -0.25) is 0 Å². The van der Waals surface area contributed by atoms with Gasteiger partial charge in [-0.2, -0.15) is 0 Å². The van der Waals surface area contributed by atoms with Gasteiger partial charge in [0, 0.05) is 26.4 Å². The van der Waals surface area contributed by atoms with Gasteiger partial charge in [0.15, 0.2) is 0 Å². The molecule has 104 valence electrons. The summed E-state index contributed by atoms with van der Waals surface area (Å²) < 4.78 is 13.8. The summed E-state index contributed by atoms with van der Waals surface area (Å²) >= 11 is 13.6. The zero-order valence-corrected chi connectivity index (χ0v) is 12.8. The molecule has 1 unspecified atom stereocenters. The Bertz CT molecular complexity index is 628. The van der Waals surface area contributed by atoms with E-state index in [4.69, 9.17) is 23.2 Å². The van der Waals surface area contributed by atoms with Gasteiger partial charge in [-0.1, -0.05) is 35.3 Å². The highest BCUT2D eigenvalue weighted by molar-refractivity contribution is 7.99. The number of anilines is 1. The van der Waals surface area contributed by atoms with E-state index in [1.165, 1.54) is 6.07 Å². The second-order valence-corrected chi connectivity index (χ2v) is 6.63. The average molecular weight is 328 g/mol. The van der Waals surface area contributed by atoms with Crippen molar-refractivity contribution in [2.24, 2.45) is 0 Å². The minimum Gasteiger partial charge on any atom is -0.378 e. The predicted molar refractivity (Wildman–Crippen MR) is 84.6 cm³/mol. The van der Waals surface area contributed by atoms with Crippen LogP contribution in [0.3, 0.4) is 0 Å². The van der Waals surface area contributed by atoms with Crippen molar-refractivity contribution in [2.75, 3.05) is 11.1 Å². The molecule has 1 aliphatic heterocycles. The van der Waals surface area contributed by atoms with Crippen LogP contribution in [-0.2, 0) is 0 Å². The van der Waals surface area contributed by atoms with Crippen LogP contribution >= 0.6 is 35.0 Å². The van der Waals surface area contributed by atoms with Gasteiger partial charge in [0.05, 0.1) is 6.04 Å². The van der Waals surface area contributed by atoms with Crippen molar-refractivity contribution >= 4 is 40.7 Å². The number of nitrogens with one attached hydrogen (secondary N) is 1. The highest BCUT2D eigenvalue weighted by Crippen LogP contribution is 2.39. The van der Waals surface area contributed by atoms with E-state index in [9.17, 15) is 4.39 Å². The molecule has 20 heavy (non-hydrogen) atoms. The quantitative estimate of drug-likeness (QED) is 0.750. The molecule has 0 bridgehead atoms. The number of rotatable bonds is 2. The Balaban J connectivity index is 1.91. The number of hydrogen-bond donors (Lipinski definition) is 1. The lowest BCUT2D eigenvalue weighted by Gasteiger charge is -2.27. The Morgan fingerprint density at radius 3 is 2.65 bits per heavy atom. The second-order valence-electron chi connectivity index (χ2n) is 4.65. The molecule has 0 saturated carbocycles. The fourth-order valence-corrected chi connectivity index (χ4v) is 4.04. The summed E-state index contributed by atoms with van der Waals surface area (Å²) in [5.74, 6) is 0.739. The van der Waals surface area contributed by atoms with Gasteiger partial charge in [-0.25, -0.2) is 4.39 Å². The van der Waals surface area contributed by atoms with Crippen LogP contribution in [0.15, 0.2) is 41.3 Å². The summed E-state index contributed by atoms with van der Waals surface area (Å²) in [7, 11) is 0. The molecule has 1 atom stereocenters. The van der Waals surface area contributed by atoms with E-state index in [-0.39, 0.29) is 11.9 Å². The summed E-state index contributed by atoms with van der Waals surface area (Å²) in [6.07, 6.45) is 0.936. The third-order valence-corrected chi connectivity index (χ3v) is 4.82. The minimum absolute atomic E-state index is 0.0801. The molecule has 0 fully saturated rings. The highest BCUT2D eigenvalue weighted by Gasteiger charge is 2.23. The summed E-state index contributed by atoms with van der Waals surface area (Å²) in [4.78, 5) is 0.740. The van der Waals surface area contributed by atoms with Crippen LogP contribution in [0, 0.1) is 5.82 Å². The van der Waals surface area contributed by atoms with Gasteiger partial charge in [-0.15, -0.1) is 11.8 Å². The molecule has 0 spiro atoms. The molecule has 0 amide bonds. The largest absolute Gasteiger partial charge is 0.378 e. The van der Waals surface area contributed by atoms with Gasteiger partial charge < -0.3 is 5.32 Å². The molecule has 1 heterocycles. The third kappa shape index (κ3) is 2.90. The third-order valence-electron chi connectivity index (χ3n) is 3.23. The first-order chi connectivity index (χ1) is 9.63. The number of fused-ring (bicyclic) bond motifs is 1. The summed E-state index contributed by atoms with van der Waals surface area (Å²) in [5.41, 5.74) is 1.85. The van der Waals surface area contributed by atoms with Gasteiger partial charge >= 0.3 is 0 Å². The maximum absolute atomic E-state index is 13.8. The zero-order valence-electron chi connectivity index (χ0n) is 10.5. The maximum atomic E-state index is 13.8. The molecule has 1 aliphatic rings. The Morgan fingerprint density at radius 1 is 1.15 bits per heavy atom. The van der Waals surface area contributed by atoms with Crippen molar-refractivity contribution in [3.8, 4) is 0 Å². The Labute approximate surface area is 131 Å². The van der Waals surface area contributed by atoms with E-state index in [1.54, 1.807) is 23.9 Å².